The van der Waals surface area contributed by atoms with E-state index in [0.29, 0.717) is 24.2 Å². The van der Waals surface area contributed by atoms with Crippen molar-refractivity contribution in [2.24, 2.45) is 45.6 Å². The predicted octanol–water partition coefficient (Wildman–Crippen LogP) is 4.05. The first kappa shape index (κ1) is 32.1. The summed E-state index contributed by atoms with van der Waals surface area (Å²) in [5.74, 6) is 1.62. The number of aliphatic carboxylic acids is 1. The van der Waals surface area contributed by atoms with Crippen LogP contribution in [0.1, 0.15) is 92.9 Å². The Balaban J connectivity index is 1.36. The first-order valence-corrected chi connectivity index (χ1v) is 15.6. The van der Waals surface area contributed by atoms with E-state index in [0.717, 1.165) is 50.7 Å². The molecule has 8 atom stereocenters. The molecule has 0 aromatic heterocycles. The maximum atomic E-state index is 12.8. The number of nitrogens with zero attached hydrogens (tertiary/aromatic N) is 1. The van der Waals surface area contributed by atoms with Crippen molar-refractivity contribution in [2.45, 2.75) is 111 Å². The topological polar surface area (TPSA) is 137 Å². The highest BCUT2D eigenvalue weighted by Gasteiger charge is 2.63. The number of allylic oxidation sites excluding steroid dienone is 2. The number of fused-ring (bicyclic) bond motifs is 5. The lowest BCUT2D eigenvalue weighted by atomic mass is 9.46. The number of rotatable bonds is 9. The molecule has 0 aromatic carbocycles. The molecule has 4 aliphatic rings. The predicted molar refractivity (Wildman–Crippen MR) is 160 cm³/mol. The van der Waals surface area contributed by atoms with Gasteiger partial charge in [-0.15, -0.1) is 6.42 Å². The highest BCUT2D eigenvalue weighted by atomic mass is 16.6. The number of carbonyl (C=O) groups excluding carboxylic acids is 2. The van der Waals surface area contributed by atoms with E-state index in [1.807, 2.05) is 0 Å². The molecule has 0 saturated heterocycles. The van der Waals surface area contributed by atoms with Crippen LogP contribution in [0.15, 0.2) is 16.8 Å². The van der Waals surface area contributed by atoms with Crippen LogP contribution in [0.3, 0.4) is 0 Å². The number of hydrogen-bond acceptors (Lipinski definition) is 6. The minimum absolute atomic E-state index is 0.0825. The minimum Gasteiger partial charge on any atom is -0.480 e. The van der Waals surface area contributed by atoms with Gasteiger partial charge in [-0.2, -0.15) is 0 Å². The molecule has 4 rings (SSSR count). The van der Waals surface area contributed by atoms with Crippen molar-refractivity contribution in [3.63, 3.8) is 0 Å². The van der Waals surface area contributed by atoms with Crippen molar-refractivity contribution < 1.29 is 29.4 Å². The fraction of sp³-hybridized carbons (Fsp3) is 0.758. The monoisotopic (exact) mass is 583 g/mol. The molecular weight excluding hydrogens is 534 g/mol. The summed E-state index contributed by atoms with van der Waals surface area (Å²) in [5.41, 5.74) is 1.09. The van der Waals surface area contributed by atoms with Crippen molar-refractivity contribution in [2.75, 3.05) is 6.61 Å². The van der Waals surface area contributed by atoms with Crippen LogP contribution >= 0.6 is 0 Å². The molecule has 42 heavy (non-hydrogen) atoms. The van der Waals surface area contributed by atoms with E-state index in [4.69, 9.17) is 11.3 Å². The third-order valence-corrected chi connectivity index (χ3v) is 11.2. The van der Waals surface area contributed by atoms with Gasteiger partial charge >= 0.3 is 5.97 Å². The van der Waals surface area contributed by atoms with Gasteiger partial charge in [-0.25, -0.2) is 4.79 Å². The van der Waals surface area contributed by atoms with E-state index in [-0.39, 0.29) is 29.3 Å². The van der Waals surface area contributed by atoms with Gasteiger partial charge in [0.1, 0.15) is 17.7 Å². The molecule has 0 aromatic rings. The van der Waals surface area contributed by atoms with Gasteiger partial charge < -0.3 is 25.7 Å². The second kappa shape index (κ2) is 12.0. The summed E-state index contributed by atoms with van der Waals surface area (Å²) in [5, 5.41) is 30.1. The quantitative estimate of drug-likeness (QED) is 0.239. The van der Waals surface area contributed by atoms with Gasteiger partial charge in [0.25, 0.3) is 5.91 Å². The summed E-state index contributed by atoms with van der Waals surface area (Å²) in [6, 6.07) is -1.93. The number of nitrogens with one attached hydrogen (secondary N) is 2. The minimum atomic E-state index is -1.12. The first-order chi connectivity index (χ1) is 19.7. The van der Waals surface area contributed by atoms with E-state index in [9.17, 15) is 24.6 Å². The number of hydrogen-bond donors (Lipinski definition) is 4. The molecule has 4 N–H and O–H groups in total. The molecule has 232 valence electrons. The Morgan fingerprint density at radius 1 is 1.02 bits per heavy atom. The van der Waals surface area contributed by atoms with Crippen LogP contribution in [-0.2, 0) is 19.2 Å². The molecule has 0 spiro atoms. The van der Waals surface area contributed by atoms with E-state index in [2.05, 4.69) is 41.6 Å². The van der Waals surface area contributed by atoms with E-state index in [1.165, 1.54) is 5.57 Å². The van der Waals surface area contributed by atoms with Gasteiger partial charge in [0.2, 0.25) is 5.91 Å². The van der Waals surface area contributed by atoms with Crippen LogP contribution in [-0.4, -0.2) is 58.0 Å². The zero-order valence-electron chi connectivity index (χ0n) is 26.0. The smallest absolute Gasteiger partial charge is 0.326 e. The van der Waals surface area contributed by atoms with Gasteiger partial charge in [-0.3, -0.25) is 9.59 Å². The molecule has 4 aliphatic carbocycles. The van der Waals surface area contributed by atoms with Gasteiger partial charge in [0, 0.05) is 5.41 Å². The number of carboxylic acids is 1. The summed E-state index contributed by atoms with van der Waals surface area (Å²) in [6.45, 7) is 11.3. The second-order valence-corrected chi connectivity index (χ2v) is 14.2. The van der Waals surface area contributed by atoms with Crippen molar-refractivity contribution in [3.05, 3.63) is 11.6 Å². The van der Waals surface area contributed by atoms with Crippen molar-refractivity contribution in [3.8, 4) is 12.3 Å². The lowest BCUT2D eigenvalue weighted by Gasteiger charge is -2.58. The zero-order valence-corrected chi connectivity index (χ0v) is 26.0. The molecule has 0 radical (unpaired) electrons. The van der Waals surface area contributed by atoms with E-state index in [1.54, 1.807) is 27.7 Å². The molecule has 9 heteroatoms. The Morgan fingerprint density at radius 3 is 2.31 bits per heavy atom. The number of terminal acetylenes is 1. The van der Waals surface area contributed by atoms with Gasteiger partial charge in [-0.05, 0) is 92.4 Å². The van der Waals surface area contributed by atoms with E-state index < -0.39 is 35.5 Å². The first-order valence-electron chi connectivity index (χ1n) is 15.6. The molecule has 0 bridgehead atoms. The Hall–Kier alpha value is -2.86. The normalized spacial score (nSPS) is 36.1. The zero-order chi connectivity index (χ0) is 31.0. The highest BCUT2D eigenvalue weighted by molar-refractivity contribution is 5.96. The molecular formula is C33H49N3O6. The molecule has 3 fully saturated rings. The largest absolute Gasteiger partial charge is 0.480 e. The molecule has 2 amide bonds. The van der Waals surface area contributed by atoms with Crippen molar-refractivity contribution >= 4 is 23.5 Å². The lowest BCUT2D eigenvalue weighted by molar-refractivity contribution is -0.143. The van der Waals surface area contributed by atoms with Crippen molar-refractivity contribution in [1.29, 1.82) is 0 Å². The summed E-state index contributed by atoms with van der Waals surface area (Å²) in [4.78, 5) is 42.3. The Bertz CT molecular complexity index is 1190. The SMILES string of the molecule is C#C[C@@]1(O)CC[C@@H]2[C@@H]3CCC4=C/C(=N\OCC(=O)N[C@H](C(=O)N[C@@H](C(=O)O)C(C)C)C(C)C)CC[C@]4(C)[C@H]3CC[C@@]21C. The van der Waals surface area contributed by atoms with Crippen LogP contribution in [0, 0.1) is 52.8 Å². The number of amides is 2. The lowest BCUT2D eigenvalue weighted by Crippen LogP contribution is -2.55. The molecule has 0 unspecified atom stereocenters. The number of carboxylic acid groups (broad SMARTS) is 1. The molecule has 0 aliphatic heterocycles. The van der Waals surface area contributed by atoms with Gasteiger partial charge in [0.15, 0.2) is 6.61 Å². The molecule has 9 nitrogen and oxygen atoms in total. The fourth-order valence-corrected chi connectivity index (χ4v) is 8.58. The van der Waals surface area contributed by atoms with Crippen LogP contribution in [0.4, 0.5) is 0 Å². The standard InChI is InChI=1S/C33H49N3O6/c1-8-33(41)16-13-25-23-10-9-21-17-22(11-14-31(21,6)24(23)12-15-32(25,33)7)36-42-18-26(37)34-27(19(2)3)29(38)35-28(20(4)5)30(39)40/h1,17,19-20,23-25,27-28,41H,9-16,18H2,2-7H3,(H,34,37)(H,35,38)(H,39,40)/b36-22-/t23-,24+,25-,27+,28-,31+,32+,33-/m1/s1. The maximum Gasteiger partial charge on any atom is 0.326 e. The third kappa shape index (κ3) is 5.71. The summed E-state index contributed by atoms with van der Waals surface area (Å²) >= 11 is 0. The number of carbonyl (C=O) groups is 3. The number of aliphatic hydroxyl groups is 1. The fourth-order valence-electron chi connectivity index (χ4n) is 8.58. The summed E-state index contributed by atoms with van der Waals surface area (Å²) < 4.78 is 0. The van der Waals surface area contributed by atoms with Crippen LogP contribution < -0.4 is 10.6 Å². The Kier molecular flexibility index (Phi) is 9.18. The maximum absolute atomic E-state index is 12.8. The Morgan fingerprint density at radius 2 is 1.69 bits per heavy atom. The van der Waals surface area contributed by atoms with Gasteiger partial charge in [-0.1, -0.05) is 58.2 Å². The third-order valence-electron chi connectivity index (χ3n) is 11.2. The van der Waals surface area contributed by atoms with Gasteiger partial charge in [0.05, 0.1) is 5.71 Å². The van der Waals surface area contributed by atoms with E-state index >= 15 is 0 Å². The summed E-state index contributed by atoms with van der Waals surface area (Å²) in [6.07, 6.45) is 15.5. The second-order valence-electron chi connectivity index (χ2n) is 14.2. The summed E-state index contributed by atoms with van der Waals surface area (Å²) in [7, 11) is 0. The van der Waals surface area contributed by atoms with Crippen LogP contribution in [0.25, 0.3) is 0 Å². The number of oxime groups is 1. The van der Waals surface area contributed by atoms with Crippen molar-refractivity contribution in [1.82, 2.24) is 10.6 Å². The Labute approximate surface area is 250 Å². The average molecular weight is 584 g/mol. The molecule has 3 saturated carbocycles. The van der Waals surface area contributed by atoms with Crippen LogP contribution in [0.5, 0.6) is 0 Å². The highest BCUT2D eigenvalue weighted by Crippen LogP contribution is 2.67. The average Bonchev–Trinajstić information content (AvgIpc) is 3.20. The molecule has 0 heterocycles. The van der Waals surface area contributed by atoms with Crippen LogP contribution in [0.2, 0.25) is 0 Å².